The van der Waals surface area contributed by atoms with Crippen LogP contribution < -0.4 is 9.47 Å². The van der Waals surface area contributed by atoms with Crippen LogP contribution in [0.15, 0.2) is 48.5 Å². The van der Waals surface area contributed by atoms with Gasteiger partial charge in [-0.15, -0.1) is 0 Å². The Labute approximate surface area is 153 Å². The Balaban J connectivity index is 1.99. The Morgan fingerprint density at radius 1 is 1.15 bits per heavy atom. The summed E-state index contributed by atoms with van der Waals surface area (Å²) in [5, 5.41) is 0. The summed E-state index contributed by atoms with van der Waals surface area (Å²) < 4.78 is 24.6. The van der Waals surface area contributed by atoms with Crippen LogP contribution in [0.25, 0.3) is 6.08 Å². The van der Waals surface area contributed by atoms with Crippen LogP contribution in [0.3, 0.4) is 0 Å². The summed E-state index contributed by atoms with van der Waals surface area (Å²) in [4.78, 5) is 14.3. The minimum absolute atomic E-state index is 0.0122. The zero-order chi connectivity index (χ0) is 18.9. The minimum Gasteiger partial charge on any atom is -0.497 e. The molecule has 0 radical (unpaired) electrons. The normalized spacial score (nSPS) is 11.1. The lowest BCUT2D eigenvalue weighted by Crippen LogP contribution is -2.15. The van der Waals surface area contributed by atoms with Gasteiger partial charge in [0, 0.05) is 12.6 Å². The van der Waals surface area contributed by atoms with Crippen LogP contribution >= 0.6 is 0 Å². The molecule has 4 nitrogen and oxygen atoms in total. The Bertz CT molecular complexity index is 772. The van der Waals surface area contributed by atoms with Gasteiger partial charge in [0.25, 0.3) is 0 Å². The van der Waals surface area contributed by atoms with Crippen LogP contribution in [0, 0.1) is 5.82 Å². The molecule has 0 amide bonds. The van der Waals surface area contributed by atoms with E-state index in [1.807, 2.05) is 38.4 Å². The zero-order valence-corrected chi connectivity index (χ0v) is 15.4. The molecule has 0 aromatic heterocycles. The van der Waals surface area contributed by atoms with Gasteiger partial charge in [-0.2, -0.15) is 0 Å². The molecule has 2 aromatic rings. The van der Waals surface area contributed by atoms with Gasteiger partial charge in [0.2, 0.25) is 0 Å². The molecule has 0 unspecified atom stereocenters. The first-order chi connectivity index (χ1) is 12.5. The summed E-state index contributed by atoms with van der Waals surface area (Å²) >= 11 is 0. The number of allylic oxidation sites excluding steroid dienone is 1. The third-order valence-electron chi connectivity index (χ3n) is 3.75. The van der Waals surface area contributed by atoms with Crippen molar-refractivity contribution in [1.82, 2.24) is 4.90 Å². The zero-order valence-electron chi connectivity index (χ0n) is 15.4. The van der Waals surface area contributed by atoms with Crippen molar-refractivity contribution >= 4 is 11.9 Å². The monoisotopic (exact) mass is 357 g/mol. The van der Waals surface area contributed by atoms with Gasteiger partial charge in [-0.05, 0) is 56.4 Å². The average molecular weight is 357 g/mol. The summed E-state index contributed by atoms with van der Waals surface area (Å²) in [7, 11) is 5.49. The average Bonchev–Trinajstić information content (AvgIpc) is 2.63. The van der Waals surface area contributed by atoms with Crippen molar-refractivity contribution in [3.05, 3.63) is 65.5 Å². The number of rotatable bonds is 9. The molecule has 0 aliphatic heterocycles. The van der Waals surface area contributed by atoms with Crippen molar-refractivity contribution in [1.29, 1.82) is 0 Å². The molecule has 0 bridgehead atoms. The molecule has 5 heteroatoms. The second-order valence-electron chi connectivity index (χ2n) is 6.12. The summed E-state index contributed by atoms with van der Waals surface area (Å²) in [5.74, 6) is 0.121. The molecule has 2 rings (SSSR count). The number of halogens is 1. The predicted molar refractivity (Wildman–Crippen MR) is 101 cm³/mol. The van der Waals surface area contributed by atoms with Gasteiger partial charge in [-0.1, -0.05) is 18.2 Å². The van der Waals surface area contributed by atoms with E-state index in [4.69, 9.17) is 9.47 Å². The largest absolute Gasteiger partial charge is 0.497 e. The van der Waals surface area contributed by atoms with E-state index in [1.54, 1.807) is 12.1 Å². The molecule has 26 heavy (non-hydrogen) atoms. The quantitative estimate of drug-likeness (QED) is 0.385. The highest BCUT2D eigenvalue weighted by atomic mass is 19.1. The fraction of sp³-hybridized carbons (Fsp3) is 0.286. The van der Waals surface area contributed by atoms with E-state index >= 15 is 0 Å². The second kappa shape index (κ2) is 9.73. The SMILES string of the molecule is COc1ccc(C(=O)C=Cc2cccc(OCCCN(C)C)c2)c(F)c1. The Hall–Kier alpha value is -2.66. The van der Waals surface area contributed by atoms with Crippen LogP contribution in [0.2, 0.25) is 0 Å². The first kappa shape index (κ1) is 19.7. The summed E-state index contributed by atoms with van der Waals surface area (Å²) in [6.45, 7) is 1.59. The lowest BCUT2D eigenvalue weighted by molar-refractivity contribution is 0.104. The van der Waals surface area contributed by atoms with Gasteiger partial charge in [0.05, 0.1) is 19.3 Å². The maximum Gasteiger partial charge on any atom is 0.188 e. The van der Waals surface area contributed by atoms with Crippen molar-refractivity contribution < 1.29 is 18.7 Å². The number of ether oxygens (including phenoxy) is 2. The Morgan fingerprint density at radius 2 is 1.96 bits per heavy atom. The van der Waals surface area contributed by atoms with E-state index < -0.39 is 11.6 Å². The van der Waals surface area contributed by atoms with Crippen LogP contribution in [-0.4, -0.2) is 45.0 Å². The maximum absolute atomic E-state index is 13.9. The van der Waals surface area contributed by atoms with E-state index in [0.29, 0.717) is 12.4 Å². The highest BCUT2D eigenvalue weighted by Gasteiger charge is 2.10. The molecule has 0 aliphatic rings. The van der Waals surface area contributed by atoms with Crippen LogP contribution in [0.1, 0.15) is 22.3 Å². The molecule has 0 saturated heterocycles. The van der Waals surface area contributed by atoms with Gasteiger partial charge < -0.3 is 14.4 Å². The maximum atomic E-state index is 13.9. The van der Waals surface area contributed by atoms with E-state index in [2.05, 4.69) is 4.90 Å². The third kappa shape index (κ3) is 6.01. The van der Waals surface area contributed by atoms with E-state index in [1.165, 1.54) is 25.3 Å². The van der Waals surface area contributed by atoms with Gasteiger partial charge in [-0.3, -0.25) is 4.79 Å². The lowest BCUT2D eigenvalue weighted by atomic mass is 10.1. The second-order valence-corrected chi connectivity index (χ2v) is 6.12. The van der Waals surface area contributed by atoms with E-state index in [9.17, 15) is 9.18 Å². The molecule has 2 aromatic carbocycles. The molecule has 138 valence electrons. The molecular weight excluding hydrogens is 333 g/mol. The van der Waals surface area contributed by atoms with Crippen molar-refractivity contribution in [2.24, 2.45) is 0 Å². The van der Waals surface area contributed by atoms with Crippen molar-refractivity contribution in [3.63, 3.8) is 0 Å². The highest BCUT2D eigenvalue weighted by Crippen LogP contribution is 2.18. The molecule has 0 fully saturated rings. The number of ketones is 1. The molecule has 0 N–H and O–H groups in total. The minimum atomic E-state index is -0.600. The van der Waals surface area contributed by atoms with Crippen molar-refractivity contribution in [3.8, 4) is 11.5 Å². The topological polar surface area (TPSA) is 38.8 Å². The number of nitrogens with zero attached hydrogens (tertiary/aromatic N) is 1. The predicted octanol–water partition coefficient (Wildman–Crippen LogP) is 4.06. The van der Waals surface area contributed by atoms with E-state index in [0.717, 1.165) is 24.3 Å². The van der Waals surface area contributed by atoms with E-state index in [-0.39, 0.29) is 5.56 Å². The van der Waals surface area contributed by atoms with Crippen molar-refractivity contribution in [2.75, 3.05) is 34.4 Å². The van der Waals surface area contributed by atoms with Crippen LogP contribution in [0.5, 0.6) is 11.5 Å². The first-order valence-corrected chi connectivity index (χ1v) is 8.43. The number of hydrogen-bond donors (Lipinski definition) is 0. The number of carbonyl (C=O) groups excluding carboxylic acids is 1. The lowest BCUT2D eigenvalue weighted by Gasteiger charge is -2.10. The number of methoxy groups -OCH3 is 1. The van der Waals surface area contributed by atoms with Gasteiger partial charge in [0.1, 0.15) is 17.3 Å². The highest BCUT2D eigenvalue weighted by molar-refractivity contribution is 6.07. The van der Waals surface area contributed by atoms with Gasteiger partial charge in [-0.25, -0.2) is 4.39 Å². The summed E-state index contributed by atoms with van der Waals surface area (Å²) in [6.07, 6.45) is 3.94. The van der Waals surface area contributed by atoms with Gasteiger partial charge >= 0.3 is 0 Å². The van der Waals surface area contributed by atoms with Gasteiger partial charge in [0.15, 0.2) is 5.78 Å². The Morgan fingerprint density at radius 3 is 2.65 bits per heavy atom. The molecule has 0 aliphatic carbocycles. The standard InChI is InChI=1S/C21H24FNO3/c1-23(2)12-5-13-26-18-7-4-6-16(14-18)8-11-21(24)19-10-9-17(25-3)15-20(19)22/h4,6-11,14-15H,5,12-13H2,1-3H3. The first-order valence-electron chi connectivity index (χ1n) is 8.43. The number of hydrogen-bond acceptors (Lipinski definition) is 4. The fourth-order valence-electron chi connectivity index (χ4n) is 2.36. The Kier molecular flexibility index (Phi) is 7.36. The molecule has 0 atom stereocenters. The smallest absolute Gasteiger partial charge is 0.188 e. The molecule has 0 heterocycles. The number of benzene rings is 2. The number of carbonyl (C=O) groups is 1. The van der Waals surface area contributed by atoms with Crippen LogP contribution in [0.4, 0.5) is 4.39 Å². The molecule has 0 spiro atoms. The molecular formula is C21H24FNO3. The third-order valence-corrected chi connectivity index (χ3v) is 3.75. The summed E-state index contributed by atoms with van der Waals surface area (Å²) in [6, 6.07) is 11.6. The summed E-state index contributed by atoms with van der Waals surface area (Å²) in [5.41, 5.74) is 0.829. The van der Waals surface area contributed by atoms with Crippen molar-refractivity contribution in [2.45, 2.75) is 6.42 Å². The van der Waals surface area contributed by atoms with Crippen LogP contribution in [-0.2, 0) is 0 Å². The fourth-order valence-corrected chi connectivity index (χ4v) is 2.36. The molecule has 0 saturated carbocycles.